The van der Waals surface area contributed by atoms with Gasteiger partial charge in [-0.15, -0.1) is 0 Å². The van der Waals surface area contributed by atoms with Crippen LogP contribution in [0.5, 0.6) is 5.75 Å². The van der Waals surface area contributed by atoms with E-state index in [9.17, 15) is 9.90 Å². The van der Waals surface area contributed by atoms with Crippen LogP contribution in [0.3, 0.4) is 0 Å². The summed E-state index contributed by atoms with van der Waals surface area (Å²) in [4.78, 5) is 17.3. The molecule has 0 aliphatic carbocycles. The molecule has 3 aromatic carbocycles. The summed E-state index contributed by atoms with van der Waals surface area (Å²) in [6, 6.07) is 23.7. The highest BCUT2D eigenvalue weighted by molar-refractivity contribution is 6.03. The minimum Gasteiger partial charge on any atom is -0.508 e. The van der Waals surface area contributed by atoms with Crippen LogP contribution < -0.4 is 5.32 Å². The number of pyridine rings is 1. The smallest absolute Gasteiger partial charge is 0.229 e. The van der Waals surface area contributed by atoms with Gasteiger partial charge in [-0.3, -0.25) is 9.78 Å². The lowest BCUT2D eigenvalue weighted by atomic mass is 9.82. The number of nitrogens with zero attached hydrogens (tertiary/aromatic N) is 1. The van der Waals surface area contributed by atoms with E-state index in [1.54, 1.807) is 12.3 Å². The van der Waals surface area contributed by atoms with Crippen LogP contribution in [-0.4, -0.2) is 16.0 Å². The molecular weight excluding hydrogens is 396 g/mol. The third kappa shape index (κ3) is 4.22. The second-order valence-corrected chi connectivity index (χ2v) is 9.21. The van der Waals surface area contributed by atoms with Crippen molar-refractivity contribution >= 4 is 22.5 Å². The van der Waals surface area contributed by atoms with Gasteiger partial charge in [0.25, 0.3) is 0 Å². The van der Waals surface area contributed by atoms with Gasteiger partial charge in [0, 0.05) is 28.5 Å². The number of hydrogen-bond donors (Lipinski definition) is 2. The number of aromatic nitrogens is 1. The molecule has 4 rings (SSSR count). The Morgan fingerprint density at radius 1 is 0.938 bits per heavy atom. The molecule has 1 heterocycles. The molecule has 0 aliphatic heterocycles. The lowest BCUT2D eigenvalue weighted by molar-refractivity contribution is -0.123. The van der Waals surface area contributed by atoms with Crippen LogP contribution in [0.2, 0.25) is 0 Å². The zero-order valence-corrected chi connectivity index (χ0v) is 18.9. The van der Waals surface area contributed by atoms with Crippen LogP contribution in [0, 0.1) is 12.3 Å². The monoisotopic (exact) mass is 424 g/mol. The molecule has 0 spiro atoms. The number of aryl methyl sites for hydroxylation is 1. The summed E-state index contributed by atoms with van der Waals surface area (Å²) in [6.45, 7) is 7.69. The zero-order chi connectivity index (χ0) is 22.9. The molecule has 0 radical (unpaired) electrons. The Bertz CT molecular complexity index is 1270. The number of carbonyl (C=O) groups is 1. The van der Waals surface area contributed by atoms with E-state index in [0.717, 1.165) is 33.2 Å². The molecule has 4 nitrogen and oxygen atoms in total. The van der Waals surface area contributed by atoms with E-state index >= 15 is 0 Å². The van der Waals surface area contributed by atoms with E-state index in [2.05, 4.69) is 22.4 Å². The average molecular weight is 425 g/mol. The highest BCUT2D eigenvalue weighted by Gasteiger charge is 2.25. The van der Waals surface area contributed by atoms with Crippen molar-refractivity contribution in [3.63, 3.8) is 0 Å². The highest BCUT2D eigenvalue weighted by atomic mass is 16.3. The van der Waals surface area contributed by atoms with Crippen molar-refractivity contribution in [2.75, 3.05) is 5.32 Å². The van der Waals surface area contributed by atoms with Crippen molar-refractivity contribution in [2.24, 2.45) is 5.41 Å². The van der Waals surface area contributed by atoms with Crippen LogP contribution in [0.4, 0.5) is 5.69 Å². The summed E-state index contributed by atoms with van der Waals surface area (Å²) in [5.41, 5.74) is 4.92. The number of hydrogen-bond acceptors (Lipinski definition) is 3. The Kier molecular flexibility index (Phi) is 5.70. The van der Waals surface area contributed by atoms with E-state index in [0.29, 0.717) is 5.69 Å². The quantitative estimate of drug-likeness (QED) is 0.372. The summed E-state index contributed by atoms with van der Waals surface area (Å²) in [6.07, 6.45) is 1.74. The maximum absolute atomic E-state index is 12.6. The van der Waals surface area contributed by atoms with Gasteiger partial charge in [-0.05, 0) is 36.2 Å². The predicted octanol–water partition coefficient (Wildman–Crippen LogP) is 6.41. The number of phenols is 1. The SMILES string of the molecule is Cc1ccc(O)c(C(c2ccccc2)c2ccc(NC(=O)C(C)(C)C)c3ncccc23)c1. The summed E-state index contributed by atoms with van der Waals surface area (Å²) in [7, 11) is 0. The maximum atomic E-state index is 12.6. The fourth-order valence-corrected chi connectivity index (χ4v) is 3.93. The molecule has 1 amide bonds. The van der Waals surface area contributed by atoms with Crippen LogP contribution in [-0.2, 0) is 4.79 Å². The molecule has 0 fully saturated rings. The van der Waals surface area contributed by atoms with Crippen LogP contribution in [0.25, 0.3) is 10.9 Å². The molecular formula is C28H28N2O2. The van der Waals surface area contributed by atoms with E-state index in [1.807, 2.05) is 82.3 Å². The zero-order valence-electron chi connectivity index (χ0n) is 18.9. The van der Waals surface area contributed by atoms with E-state index < -0.39 is 5.41 Å². The maximum Gasteiger partial charge on any atom is 0.229 e. The number of rotatable bonds is 4. The fraction of sp³-hybridized carbons (Fsp3) is 0.214. The fourth-order valence-electron chi connectivity index (χ4n) is 3.93. The Labute approximate surface area is 189 Å². The first-order chi connectivity index (χ1) is 15.3. The average Bonchev–Trinajstić information content (AvgIpc) is 2.77. The Morgan fingerprint density at radius 2 is 1.69 bits per heavy atom. The van der Waals surface area contributed by atoms with Gasteiger partial charge in [0.05, 0.1) is 11.2 Å². The van der Waals surface area contributed by atoms with Crippen LogP contribution >= 0.6 is 0 Å². The predicted molar refractivity (Wildman–Crippen MR) is 130 cm³/mol. The lowest BCUT2D eigenvalue weighted by Crippen LogP contribution is -2.27. The molecule has 0 saturated heterocycles. The molecule has 1 aromatic heterocycles. The molecule has 4 heteroatoms. The number of amides is 1. The molecule has 32 heavy (non-hydrogen) atoms. The summed E-state index contributed by atoms with van der Waals surface area (Å²) < 4.78 is 0. The molecule has 4 aromatic rings. The topological polar surface area (TPSA) is 62.2 Å². The van der Waals surface area contributed by atoms with Gasteiger partial charge >= 0.3 is 0 Å². The van der Waals surface area contributed by atoms with Crippen molar-refractivity contribution in [2.45, 2.75) is 33.6 Å². The lowest BCUT2D eigenvalue weighted by Gasteiger charge is -2.23. The third-order valence-electron chi connectivity index (χ3n) is 5.67. The van der Waals surface area contributed by atoms with Gasteiger partial charge < -0.3 is 10.4 Å². The van der Waals surface area contributed by atoms with Crippen molar-refractivity contribution in [3.05, 3.63) is 101 Å². The number of fused-ring (bicyclic) bond motifs is 1. The number of nitrogens with one attached hydrogen (secondary N) is 1. The van der Waals surface area contributed by atoms with Gasteiger partial charge in [-0.2, -0.15) is 0 Å². The summed E-state index contributed by atoms with van der Waals surface area (Å²) in [5, 5.41) is 14.8. The Hall–Kier alpha value is -3.66. The normalized spacial score (nSPS) is 12.5. The molecule has 2 N–H and O–H groups in total. The summed E-state index contributed by atoms with van der Waals surface area (Å²) in [5.74, 6) is 0.00918. The molecule has 1 atom stereocenters. The first-order valence-electron chi connectivity index (χ1n) is 10.8. The van der Waals surface area contributed by atoms with E-state index in [4.69, 9.17) is 0 Å². The summed E-state index contributed by atoms with van der Waals surface area (Å²) >= 11 is 0. The van der Waals surface area contributed by atoms with Crippen molar-refractivity contribution in [1.82, 2.24) is 4.98 Å². The van der Waals surface area contributed by atoms with Gasteiger partial charge in [0.2, 0.25) is 5.91 Å². The number of carbonyl (C=O) groups excluding carboxylic acids is 1. The number of phenolic OH excluding ortho intramolecular Hbond substituents is 1. The van der Waals surface area contributed by atoms with E-state index in [1.165, 1.54) is 0 Å². The van der Waals surface area contributed by atoms with Crippen molar-refractivity contribution in [1.29, 1.82) is 0 Å². The molecule has 0 saturated carbocycles. The number of aromatic hydroxyl groups is 1. The standard InChI is InChI=1S/C28H28N2O2/c1-18-12-15-24(31)22(17-18)25(19-9-6-5-7-10-19)20-13-14-23(30-27(32)28(2,3)4)26-21(20)11-8-16-29-26/h5-17,25,31H,1-4H3,(H,30,32). The minimum atomic E-state index is -0.514. The Morgan fingerprint density at radius 3 is 2.41 bits per heavy atom. The van der Waals surface area contributed by atoms with Gasteiger partial charge in [-0.1, -0.05) is 80.9 Å². The highest BCUT2D eigenvalue weighted by Crippen LogP contribution is 2.41. The van der Waals surface area contributed by atoms with Crippen LogP contribution in [0.15, 0.2) is 79.0 Å². The third-order valence-corrected chi connectivity index (χ3v) is 5.67. The van der Waals surface area contributed by atoms with Gasteiger partial charge in [-0.25, -0.2) is 0 Å². The number of benzene rings is 3. The van der Waals surface area contributed by atoms with E-state index in [-0.39, 0.29) is 17.6 Å². The minimum absolute atomic E-state index is 0.0619. The van der Waals surface area contributed by atoms with Crippen LogP contribution in [0.1, 0.15) is 48.9 Å². The molecule has 0 bridgehead atoms. The molecule has 0 aliphatic rings. The second-order valence-electron chi connectivity index (χ2n) is 9.21. The van der Waals surface area contributed by atoms with Crippen molar-refractivity contribution < 1.29 is 9.90 Å². The Balaban J connectivity index is 1.94. The van der Waals surface area contributed by atoms with Gasteiger partial charge in [0.1, 0.15) is 5.75 Å². The number of anilines is 1. The molecule has 1 unspecified atom stereocenters. The first kappa shape index (κ1) is 21.6. The first-order valence-corrected chi connectivity index (χ1v) is 10.8. The second kappa shape index (κ2) is 8.46. The molecule has 162 valence electrons. The van der Waals surface area contributed by atoms with Crippen molar-refractivity contribution in [3.8, 4) is 5.75 Å². The van der Waals surface area contributed by atoms with Gasteiger partial charge in [0.15, 0.2) is 0 Å². The largest absolute Gasteiger partial charge is 0.508 e.